The highest BCUT2D eigenvalue weighted by molar-refractivity contribution is 5.92. The van der Waals surface area contributed by atoms with Crippen LogP contribution in [0, 0.1) is 28.6 Å². The molecule has 0 bridgehead atoms. The Hall–Kier alpha value is -1.53. The fourth-order valence-electron chi connectivity index (χ4n) is 10.1. The van der Waals surface area contributed by atoms with Crippen LogP contribution < -0.4 is 0 Å². The number of ketones is 2. The second-order valence-electron chi connectivity index (χ2n) is 15.8. The smallest absolute Gasteiger partial charge is 0.306 e. The van der Waals surface area contributed by atoms with Crippen molar-refractivity contribution in [1.29, 1.82) is 0 Å². The largest absolute Gasteiger partial charge is 0.458 e. The lowest BCUT2D eigenvalue weighted by atomic mass is 9.45. The van der Waals surface area contributed by atoms with Crippen molar-refractivity contribution < 1.29 is 29.3 Å². The van der Waals surface area contributed by atoms with Crippen molar-refractivity contribution in [2.75, 3.05) is 6.61 Å². The van der Waals surface area contributed by atoms with Gasteiger partial charge in [0.15, 0.2) is 12.4 Å². The Labute approximate surface area is 273 Å². The van der Waals surface area contributed by atoms with Gasteiger partial charge in [-0.3, -0.25) is 14.4 Å². The standard InChI is InChI=1S/C39H64O6/c1-4-5-6-7-8-9-10-11-12-13-14-15-16-17-18-19-35(43)45-28-34(42)39(44)25-23-32-31-21-20-29-26-30(40)22-24-37(29,2)36(31)33(41)27-38(32,39)3/h26,31-33,36,41,44H,4-25,27-28H2,1-3H3/t31-,32-,33+,36+,37-,38-,39+/m0/s1. The van der Waals surface area contributed by atoms with Crippen LogP contribution in [0.25, 0.3) is 0 Å². The van der Waals surface area contributed by atoms with E-state index in [1.54, 1.807) is 0 Å². The molecule has 4 rings (SSSR count). The predicted octanol–water partition coefficient (Wildman–Crippen LogP) is 8.59. The molecule has 45 heavy (non-hydrogen) atoms. The average molecular weight is 629 g/mol. The third kappa shape index (κ3) is 8.31. The van der Waals surface area contributed by atoms with Gasteiger partial charge in [0, 0.05) is 18.3 Å². The van der Waals surface area contributed by atoms with Crippen molar-refractivity contribution in [2.45, 2.75) is 180 Å². The number of carbonyl (C=O) groups excluding carboxylic acids is 3. The zero-order chi connectivity index (χ0) is 32.5. The molecule has 0 aromatic rings. The van der Waals surface area contributed by atoms with Crippen LogP contribution in [0.15, 0.2) is 11.6 Å². The zero-order valence-electron chi connectivity index (χ0n) is 28.9. The Balaban J connectivity index is 1.12. The van der Waals surface area contributed by atoms with Gasteiger partial charge in [0.25, 0.3) is 0 Å². The van der Waals surface area contributed by atoms with E-state index in [9.17, 15) is 24.6 Å². The van der Waals surface area contributed by atoms with Crippen molar-refractivity contribution in [3.8, 4) is 0 Å². The summed E-state index contributed by atoms with van der Waals surface area (Å²) >= 11 is 0. The molecule has 3 fully saturated rings. The molecule has 0 radical (unpaired) electrons. The molecule has 0 aromatic heterocycles. The number of Topliss-reactive ketones (excluding diaryl/α,β-unsaturated/α-hetero) is 1. The first-order chi connectivity index (χ1) is 21.6. The van der Waals surface area contributed by atoms with E-state index >= 15 is 0 Å². The second kappa shape index (κ2) is 16.5. The van der Waals surface area contributed by atoms with Gasteiger partial charge in [-0.1, -0.05) is 116 Å². The first kappa shape index (κ1) is 36.3. The quantitative estimate of drug-likeness (QED) is 0.110. The van der Waals surface area contributed by atoms with Crippen LogP contribution in [0.5, 0.6) is 0 Å². The molecule has 0 amide bonds. The Bertz CT molecular complexity index is 1030. The Morgan fingerprint density at radius 1 is 0.844 bits per heavy atom. The van der Waals surface area contributed by atoms with Gasteiger partial charge in [-0.2, -0.15) is 0 Å². The van der Waals surface area contributed by atoms with E-state index in [0.717, 1.165) is 44.9 Å². The Morgan fingerprint density at radius 3 is 2.02 bits per heavy atom. The van der Waals surface area contributed by atoms with E-state index < -0.39 is 29.5 Å². The number of hydrogen-bond donors (Lipinski definition) is 2. The van der Waals surface area contributed by atoms with E-state index in [0.29, 0.717) is 25.7 Å². The summed E-state index contributed by atoms with van der Waals surface area (Å²) in [7, 11) is 0. The first-order valence-corrected chi connectivity index (χ1v) is 18.9. The zero-order valence-corrected chi connectivity index (χ0v) is 28.9. The molecule has 7 atom stereocenters. The maximum atomic E-state index is 13.5. The minimum absolute atomic E-state index is 0.0360. The number of aliphatic hydroxyl groups excluding tert-OH is 1. The molecule has 0 spiro atoms. The number of allylic oxidation sites excluding steroid dienone is 1. The predicted molar refractivity (Wildman–Crippen MR) is 179 cm³/mol. The van der Waals surface area contributed by atoms with E-state index in [1.807, 2.05) is 13.0 Å². The van der Waals surface area contributed by atoms with Crippen LogP contribution in [0.4, 0.5) is 0 Å². The van der Waals surface area contributed by atoms with Crippen molar-refractivity contribution >= 4 is 17.5 Å². The Kier molecular flexibility index (Phi) is 13.3. The van der Waals surface area contributed by atoms with Crippen LogP contribution in [-0.4, -0.2) is 46.1 Å². The van der Waals surface area contributed by atoms with Crippen LogP contribution in [0.3, 0.4) is 0 Å². The molecule has 0 aromatic carbocycles. The topological polar surface area (TPSA) is 101 Å². The molecule has 256 valence electrons. The molecule has 6 nitrogen and oxygen atoms in total. The fourth-order valence-corrected chi connectivity index (χ4v) is 10.1. The summed E-state index contributed by atoms with van der Waals surface area (Å²) in [5.74, 6) is -0.249. The second-order valence-corrected chi connectivity index (χ2v) is 15.8. The van der Waals surface area contributed by atoms with Gasteiger partial charge in [0.05, 0.1) is 6.10 Å². The normalized spacial score (nSPS) is 34.1. The number of esters is 1. The van der Waals surface area contributed by atoms with Crippen molar-refractivity contribution in [1.82, 2.24) is 0 Å². The monoisotopic (exact) mass is 628 g/mol. The number of aliphatic hydroxyl groups is 2. The molecular formula is C39H64O6. The van der Waals surface area contributed by atoms with Gasteiger partial charge in [0.1, 0.15) is 5.60 Å². The van der Waals surface area contributed by atoms with E-state index in [1.165, 1.54) is 82.6 Å². The molecular weight excluding hydrogens is 564 g/mol. The summed E-state index contributed by atoms with van der Waals surface area (Å²) in [4.78, 5) is 38.1. The molecule has 0 unspecified atom stereocenters. The summed E-state index contributed by atoms with van der Waals surface area (Å²) in [6.07, 6.45) is 24.9. The molecule has 2 N–H and O–H groups in total. The van der Waals surface area contributed by atoms with E-state index in [4.69, 9.17) is 4.74 Å². The SMILES string of the molecule is CCCCCCCCCCCCCCCCCC(=O)OCC(=O)[C@]1(O)CC[C@H]2[C@@H]3CCC4=CC(=O)CC[C@]4(C)[C@H]3[C@H](O)C[C@@]21C. The number of fused-ring (bicyclic) bond motifs is 5. The summed E-state index contributed by atoms with van der Waals surface area (Å²) in [5, 5.41) is 23.4. The molecule has 4 aliphatic carbocycles. The van der Waals surface area contributed by atoms with Gasteiger partial charge >= 0.3 is 5.97 Å². The lowest BCUT2D eigenvalue weighted by Crippen LogP contribution is -2.62. The third-order valence-electron chi connectivity index (χ3n) is 12.9. The number of carbonyl (C=O) groups is 3. The van der Waals surface area contributed by atoms with Crippen molar-refractivity contribution in [3.63, 3.8) is 0 Å². The highest BCUT2D eigenvalue weighted by Crippen LogP contribution is 2.67. The first-order valence-electron chi connectivity index (χ1n) is 18.9. The average Bonchev–Trinajstić information content (AvgIpc) is 3.28. The summed E-state index contributed by atoms with van der Waals surface area (Å²) in [6, 6.07) is 0. The summed E-state index contributed by atoms with van der Waals surface area (Å²) in [6.45, 7) is 6.05. The summed E-state index contributed by atoms with van der Waals surface area (Å²) < 4.78 is 5.41. The molecule has 0 aliphatic heterocycles. The van der Waals surface area contributed by atoms with Gasteiger partial charge in [0.2, 0.25) is 5.78 Å². The van der Waals surface area contributed by atoms with Crippen LogP contribution >= 0.6 is 0 Å². The maximum Gasteiger partial charge on any atom is 0.306 e. The van der Waals surface area contributed by atoms with Gasteiger partial charge in [-0.05, 0) is 74.2 Å². The van der Waals surface area contributed by atoms with Gasteiger partial charge < -0.3 is 14.9 Å². The minimum atomic E-state index is -1.60. The maximum absolute atomic E-state index is 13.5. The number of rotatable bonds is 19. The van der Waals surface area contributed by atoms with Crippen molar-refractivity contribution in [3.05, 3.63) is 11.6 Å². The summed E-state index contributed by atoms with van der Waals surface area (Å²) in [5.41, 5.74) is -1.39. The molecule has 0 heterocycles. The van der Waals surface area contributed by atoms with Gasteiger partial charge in [-0.25, -0.2) is 0 Å². The number of hydrogen-bond acceptors (Lipinski definition) is 6. The van der Waals surface area contributed by atoms with Gasteiger partial charge in [-0.15, -0.1) is 0 Å². The lowest BCUT2D eigenvalue weighted by molar-refractivity contribution is -0.184. The highest BCUT2D eigenvalue weighted by atomic mass is 16.5. The minimum Gasteiger partial charge on any atom is -0.458 e. The van der Waals surface area contributed by atoms with Crippen LogP contribution in [-0.2, 0) is 19.1 Å². The van der Waals surface area contributed by atoms with Crippen molar-refractivity contribution in [2.24, 2.45) is 28.6 Å². The number of unbranched alkanes of at least 4 members (excludes halogenated alkanes) is 14. The Morgan fingerprint density at radius 2 is 1.42 bits per heavy atom. The highest BCUT2D eigenvalue weighted by Gasteiger charge is 2.68. The molecule has 3 saturated carbocycles. The third-order valence-corrected chi connectivity index (χ3v) is 12.9. The number of ether oxygens (including phenoxy) is 1. The van der Waals surface area contributed by atoms with E-state index in [2.05, 4.69) is 13.8 Å². The van der Waals surface area contributed by atoms with E-state index in [-0.39, 0.29) is 34.9 Å². The molecule has 0 saturated heterocycles. The molecule has 6 heteroatoms. The molecule has 4 aliphatic rings. The van der Waals surface area contributed by atoms with Crippen LogP contribution in [0.2, 0.25) is 0 Å². The van der Waals surface area contributed by atoms with Crippen LogP contribution in [0.1, 0.15) is 168 Å². The lowest BCUT2D eigenvalue weighted by Gasteiger charge is -2.60. The fraction of sp³-hybridized carbons (Fsp3) is 0.872.